The topological polar surface area (TPSA) is 112 Å². The van der Waals surface area contributed by atoms with Crippen LogP contribution in [0.3, 0.4) is 0 Å². The van der Waals surface area contributed by atoms with E-state index in [1.165, 1.54) is 24.4 Å². The smallest absolute Gasteiger partial charge is 0.141 e. The van der Waals surface area contributed by atoms with Crippen LogP contribution in [-0.2, 0) is 6.61 Å². The zero-order chi connectivity index (χ0) is 28.4. The summed E-state index contributed by atoms with van der Waals surface area (Å²) in [6.07, 6.45) is 3.30. The molecule has 5 rings (SSSR count). The monoisotopic (exact) mass is 575 g/mol. The molecule has 2 aromatic heterocycles. The SMILES string of the molecule is CC(C)n1cc([C@@H](Nc2cc(Cl)c3ncc(C#N)c(Nc4ccc(F)c(Cl)c4)c3c2)c2cccc(CO)c2)nn1. The Bertz CT molecular complexity index is 1750. The molecule has 3 aromatic carbocycles. The Hall–Kier alpha value is -4.23. The van der Waals surface area contributed by atoms with Crippen molar-refractivity contribution in [1.82, 2.24) is 20.0 Å². The van der Waals surface area contributed by atoms with Gasteiger partial charge in [0.1, 0.15) is 17.6 Å². The number of nitrogens with zero attached hydrogens (tertiary/aromatic N) is 5. The van der Waals surface area contributed by atoms with Gasteiger partial charge in [0.25, 0.3) is 0 Å². The number of hydrogen-bond acceptors (Lipinski definition) is 7. The van der Waals surface area contributed by atoms with Gasteiger partial charge in [0.15, 0.2) is 0 Å². The van der Waals surface area contributed by atoms with Gasteiger partial charge in [-0.1, -0.05) is 52.7 Å². The lowest BCUT2D eigenvalue weighted by molar-refractivity contribution is 0.281. The largest absolute Gasteiger partial charge is 0.392 e. The lowest BCUT2D eigenvalue weighted by Crippen LogP contribution is -2.13. The van der Waals surface area contributed by atoms with E-state index in [0.29, 0.717) is 38.7 Å². The van der Waals surface area contributed by atoms with Gasteiger partial charge in [-0.3, -0.25) is 4.98 Å². The van der Waals surface area contributed by atoms with E-state index < -0.39 is 11.9 Å². The number of nitrogens with one attached hydrogen (secondary N) is 2. The molecule has 3 N–H and O–H groups in total. The summed E-state index contributed by atoms with van der Waals surface area (Å²) in [6.45, 7) is 3.92. The molecule has 0 aliphatic heterocycles. The Morgan fingerprint density at radius 1 is 1.07 bits per heavy atom. The van der Waals surface area contributed by atoms with Gasteiger partial charge in [-0.2, -0.15) is 5.26 Å². The fourth-order valence-electron chi connectivity index (χ4n) is 4.32. The maximum absolute atomic E-state index is 13.8. The minimum atomic E-state index is -0.549. The molecule has 0 radical (unpaired) electrons. The van der Waals surface area contributed by atoms with Crippen LogP contribution in [0, 0.1) is 17.1 Å². The van der Waals surface area contributed by atoms with Crippen LogP contribution in [0.2, 0.25) is 10.0 Å². The Labute approximate surface area is 240 Å². The van der Waals surface area contributed by atoms with Gasteiger partial charge in [-0.15, -0.1) is 5.10 Å². The van der Waals surface area contributed by atoms with Gasteiger partial charge in [0.2, 0.25) is 0 Å². The van der Waals surface area contributed by atoms with Crippen molar-refractivity contribution >= 4 is 51.2 Å². The van der Waals surface area contributed by atoms with Gasteiger partial charge < -0.3 is 15.7 Å². The Morgan fingerprint density at radius 2 is 1.88 bits per heavy atom. The molecule has 0 bridgehead atoms. The minimum Gasteiger partial charge on any atom is -0.392 e. The summed E-state index contributed by atoms with van der Waals surface area (Å²) in [6, 6.07) is 17.2. The number of rotatable bonds is 8. The highest BCUT2D eigenvalue weighted by Gasteiger charge is 2.21. The summed E-state index contributed by atoms with van der Waals surface area (Å²) in [5.41, 5.74) is 4.61. The fourth-order valence-corrected chi connectivity index (χ4v) is 4.77. The molecular weight excluding hydrogens is 552 g/mol. The lowest BCUT2D eigenvalue weighted by Gasteiger charge is -2.20. The molecule has 11 heteroatoms. The van der Waals surface area contributed by atoms with Crippen molar-refractivity contribution in [1.29, 1.82) is 5.26 Å². The zero-order valence-corrected chi connectivity index (χ0v) is 23.0. The molecule has 0 fully saturated rings. The fraction of sp³-hybridized carbons (Fsp3) is 0.172. The molecule has 0 spiro atoms. The third-order valence-electron chi connectivity index (χ3n) is 6.37. The number of pyridine rings is 1. The maximum atomic E-state index is 13.8. The summed E-state index contributed by atoms with van der Waals surface area (Å²) < 4.78 is 15.5. The van der Waals surface area contributed by atoms with Crippen molar-refractivity contribution in [3.63, 3.8) is 0 Å². The van der Waals surface area contributed by atoms with E-state index in [-0.39, 0.29) is 23.2 Å². The Balaban J connectivity index is 1.62. The van der Waals surface area contributed by atoms with Crippen molar-refractivity contribution < 1.29 is 9.50 Å². The second kappa shape index (κ2) is 11.5. The van der Waals surface area contributed by atoms with Crippen LogP contribution in [0.15, 0.2) is 67.0 Å². The Kier molecular flexibility index (Phi) is 7.85. The number of aliphatic hydroxyl groups is 1. The van der Waals surface area contributed by atoms with Crippen LogP contribution in [0.4, 0.5) is 21.5 Å². The molecule has 2 heterocycles. The second-order valence-electron chi connectivity index (χ2n) is 9.46. The van der Waals surface area contributed by atoms with Crippen LogP contribution in [-0.4, -0.2) is 25.1 Å². The van der Waals surface area contributed by atoms with Crippen molar-refractivity contribution in [3.8, 4) is 6.07 Å². The molecule has 8 nitrogen and oxygen atoms in total. The van der Waals surface area contributed by atoms with Crippen LogP contribution in [0.1, 0.15) is 48.3 Å². The first-order chi connectivity index (χ1) is 19.3. The van der Waals surface area contributed by atoms with Crippen molar-refractivity contribution in [2.24, 2.45) is 0 Å². The first-order valence-electron chi connectivity index (χ1n) is 12.4. The molecule has 0 aliphatic rings. The molecule has 0 saturated carbocycles. The number of nitriles is 1. The van der Waals surface area contributed by atoms with E-state index in [1.807, 2.05) is 50.4 Å². The predicted octanol–water partition coefficient (Wildman–Crippen LogP) is 7.16. The number of anilines is 3. The third-order valence-corrected chi connectivity index (χ3v) is 6.94. The number of benzene rings is 3. The van der Waals surface area contributed by atoms with Crippen molar-refractivity contribution in [3.05, 3.63) is 105 Å². The van der Waals surface area contributed by atoms with Gasteiger partial charge in [-0.25, -0.2) is 9.07 Å². The summed E-state index contributed by atoms with van der Waals surface area (Å²) >= 11 is 12.7. The molecule has 40 heavy (non-hydrogen) atoms. The summed E-state index contributed by atoms with van der Waals surface area (Å²) in [7, 11) is 0. The summed E-state index contributed by atoms with van der Waals surface area (Å²) in [4.78, 5) is 4.41. The summed E-state index contributed by atoms with van der Waals surface area (Å²) in [5.74, 6) is -0.549. The first-order valence-corrected chi connectivity index (χ1v) is 13.2. The van der Waals surface area contributed by atoms with Crippen LogP contribution in [0.5, 0.6) is 0 Å². The quantitative estimate of drug-likeness (QED) is 0.180. The van der Waals surface area contributed by atoms with Gasteiger partial charge >= 0.3 is 0 Å². The van der Waals surface area contributed by atoms with Crippen molar-refractivity contribution in [2.75, 3.05) is 10.6 Å². The van der Waals surface area contributed by atoms with Crippen LogP contribution >= 0.6 is 23.2 Å². The molecule has 202 valence electrons. The highest BCUT2D eigenvalue weighted by Crippen LogP contribution is 2.37. The number of hydrogen-bond donors (Lipinski definition) is 3. The van der Waals surface area contributed by atoms with E-state index in [0.717, 1.165) is 11.1 Å². The van der Waals surface area contributed by atoms with E-state index in [4.69, 9.17) is 23.2 Å². The molecule has 5 aromatic rings. The van der Waals surface area contributed by atoms with Crippen LogP contribution in [0.25, 0.3) is 10.9 Å². The molecule has 0 aliphatic carbocycles. The summed E-state index contributed by atoms with van der Waals surface area (Å²) in [5, 5.41) is 35.8. The first kappa shape index (κ1) is 27.3. The number of fused-ring (bicyclic) bond motifs is 1. The van der Waals surface area contributed by atoms with E-state index in [2.05, 4.69) is 32.0 Å². The average Bonchev–Trinajstić information content (AvgIpc) is 3.44. The predicted molar refractivity (Wildman–Crippen MR) is 154 cm³/mol. The lowest BCUT2D eigenvalue weighted by atomic mass is 10.0. The van der Waals surface area contributed by atoms with E-state index in [9.17, 15) is 14.8 Å². The van der Waals surface area contributed by atoms with E-state index >= 15 is 0 Å². The highest BCUT2D eigenvalue weighted by molar-refractivity contribution is 6.36. The highest BCUT2D eigenvalue weighted by atomic mass is 35.5. The number of halogens is 3. The standard InChI is InChI=1S/C29H24Cl2FN7O/c1-16(2)39-14-26(37-38-39)28(18-5-3-4-17(8-18)15-40)36-21-9-22-27(35-20-6-7-25(32)23(30)10-20)19(12-33)13-34-29(22)24(31)11-21/h3-11,13-14,16,28,36,40H,15H2,1-2H3,(H,34,35)/t28-/m0/s1. The van der Waals surface area contributed by atoms with Gasteiger partial charge in [-0.05, 0) is 55.3 Å². The molecule has 0 unspecified atom stereocenters. The average molecular weight is 576 g/mol. The van der Waals surface area contributed by atoms with E-state index in [1.54, 1.807) is 10.7 Å². The molecule has 0 amide bonds. The number of aliphatic hydroxyl groups excluding tert-OH is 1. The zero-order valence-electron chi connectivity index (χ0n) is 21.5. The van der Waals surface area contributed by atoms with Gasteiger partial charge in [0, 0.05) is 29.0 Å². The van der Waals surface area contributed by atoms with Crippen LogP contribution < -0.4 is 10.6 Å². The van der Waals surface area contributed by atoms with Crippen molar-refractivity contribution in [2.45, 2.75) is 32.5 Å². The molecule has 0 saturated heterocycles. The maximum Gasteiger partial charge on any atom is 0.141 e. The molecular formula is C29H24Cl2FN7O. The number of aromatic nitrogens is 4. The normalized spacial score (nSPS) is 11.9. The van der Waals surface area contributed by atoms with Gasteiger partial charge in [0.05, 0.1) is 45.7 Å². The molecule has 1 atom stereocenters. The minimum absolute atomic E-state index is 0.0512. The Morgan fingerprint density at radius 3 is 2.58 bits per heavy atom. The third kappa shape index (κ3) is 5.56. The second-order valence-corrected chi connectivity index (χ2v) is 10.3.